The lowest BCUT2D eigenvalue weighted by molar-refractivity contribution is 0.484. The maximum atomic E-state index is 13.8. The molecule has 0 bridgehead atoms. The Balaban J connectivity index is 2.21. The molecule has 20 heavy (non-hydrogen) atoms. The number of rotatable bonds is 3. The number of aryl methyl sites for hydroxylation is 1. The molecule has 1 atom stereocenters. The minimum Gasteiger partial charge on any atom is -0.349 e. The molecule has 1 unspecified atom stereocenters. The zero-order valence-electron chi connectivity index (χ0n) is 10.6. The molecule has 0 saturated heterocycles. The second kappa shape index (κ2) is 6.28. The fraction of sp³-hybridized carbons (Fsp3) is 0.385. The van der Waals surface area contributed by atoms with Crippen molar-refractivity contribution in [2.75, 3.05) is 13.2 Å². The predicted molar refractivity (Wildman–Crippen MR) is 67.6 cm³/mol. The molecule has 106 valence electrons. The van der Waals surface area contributed by atoms with Gasteiger partial charge >= 0.3 is 0 Å². The molecule has 1 aromatic carbocycles. The molecule has 1 aliphatic carbocycles. The Morgan fingerprint density at radius 1 is 1.45 bits per heavy atom. The Morgan fingerprint density at radius 2 is 2.25 bits per heavy atom. The first-order valence-corrected chi connectivity index (χ1v) is 6.16. The molecule has 4 nitrogen and oxygen atoms in total. The summed E-state index contributed by atoms with van der Waals surface area (Å²) in [5.41, 5.74) is 0.973. The van der Waals surface area contributed by atoms with Gasteiger partial charge in [0, 0.05) is 5.56 Å². The second-order valence-electron chi connectivity index (χ2n) is 4.33. The number of guanidine groups is 1. The molecule has 2 rings (SSSR count). The summed E-state index contributed by atoms with van der Waals surface area (Å²) >= 11 is 0. The molecule has 1 aromatic rings. The number of halogens is 3. The molecule has 1 aliphatic rings. The number of fused-ring (bicyclic) bond motifs is 1. The Bertz CT molecular complexity index is 565. The van der Waals surface area contributed by atoms with Crippen molar-refractivity contribution >= 4 is 5.96 Å². The summed E-state index contributed by atoms with van der Waals surface area (Å²) in [5, 5.41) is 13.7. The van der Waals surface area contributed by atoms with Crippen LogP contribution >= 0.6 is 0 Å². The fourth-order valence-corrected chi connectivity index (χ4v) is 2.28. The van der Waals surface area contributed by atoms with E-state index in [1.807, 2.05) is 0 Å². The molecule has 0 spiro atoms. The summed E-state index contributed by atoms with van der Waals surface area (Å²) in [6, 6.07) is 2.16. The highest BCUT2D eigenvalue weighted by atomic mass is 19.2. The zero-order valence-corrected chi connectivity index (χ0v) is 10.6. The van der Waals surface area contributed by atoms with Crippen LogP contribution in [0.25, 0.3) is 0 Å². The zero-order chi connectivity index (χ0) is 14.5. The van der Waals surface area contributed by atoms with Crippen molar-refractivity contribution < 1.29 is 13.2 Å². The summed E-state index contributed by atoms with van der Waals surface area (Å²) in [5.74, 6) is -1.74. The average Bonchev–Trinajstić information content (AvgIpc) is 2.84. The number of nitrogens with one attached hydrogen (secondary N) is 2. The Hall–Kier alpha value is -2.23. The lowest BCUT2D eigenvalue weighted by Crippen LogP contribution is -2.37. The molecule has 0 amide bonds. The molecule has 7 heteroatoms. The molecule has 0 fully saturated rings. The SMILES string of the molecule is N#CNC(=NCCF)NC1CCc2ccc(F)c(F)c21. The quantitative estimate of drug-likeness (QED) is 0.385. The highest BCUT2D eigenvalue weighted by Crippen LogP contribution is 2.34. The third-order valence-corrected chi connectivity index (χ3v) is 3.11. The van der Waals surface area contributed by atoms with Crippen LogP contribution in [0.3, 0.4) is 0 Å². The van der Waals surface area contributed by atoms with Crippen molar-refractivity contribution in [2.24, 2.45) is 4.99 Å². The van der Waals surface area contributed by atoms with Gasteiger partial charge in [-0.25, -0.2) is 18.2 Å². The van der Waals surface area contributed by atoms with E-state index in [1.54, 1.807) is 12.3 Å². The molecule has 0 radical (unpaired) electrons. The Kier molecular flexibility index (Phi) is 4.45. The first-order chi connectivity index (χ1) is 9.67. The van der Waals surface area contributed by atoms with Gasteiger partial charge in [0.1, 0.15) is 6.67 Å². The van der Waals surface area contributed by atoms with Gasteiger partial charge in [0.05, 0.1) is 12.6 Å². The Labute approximate surface area is 114 Å². The van der Waals surface area contributed by atoms with Gasteiger partial charge < -0.3 is 5.32 Å². The van der Waals surface area contributed by atoms with Gasteiger partial charge in [0.15, 0.2) is 17.8 Å². The molecule has 0 saturated carbocycles. The molecule has 0 aliphatic heterocycles. The molecular weight excluding hydrogens is 269 g/mol. The predicted octanol–water partition coefficient (Wildman–Crippen LogP) is 1.94. The van der Waals surface area contributed by atoms with Gasteiger partial charge in [-0.05, 0) is 24.5 Å². The van der Waals surface area contributed by atoms with Crippen molar-refractivity contribution in [2.45, 2.75) is 18.9 Å². The van der Waals surface area contributed by atoms with E-state index >= 15 is 0 Å². The van der Waals surface area contributed by atoms with Crippen LogP contribution in [0.15, 0.2) is 17.1 Å². The van der Waals surface area contributed by atoms with Crippen LogP contribution in [0.4, 0.5) is 13.2 Å². The summed E-state index contributed by atoms with van der Waals surface area (Å²) in [6.45, 7) is -0.773. The van der Waals surface area contributed by atoms with Crippen LogP contribution in [0.5, 0.6) is 0 Å². The smallest absolute Gasteiger partial charge is 0.205 e. The first-order valence-electron chi connectivity index (χ1n) is 6.16. The molecule has 0 heterocycles. The second-order valence-corrected chi connectivity index (χ2v) is 4.33. The number of alkyl halides is 1. The van der Waals surface area contributed by atoms with E-state index in [9.17, 15) is 13.2 Å². The van der Waals surface area contributed by atoms with Crippen molar-refractivity contribution in [1.29, 1.82) is 5.26 Å². The summed E-state index contributed by atoms with van der Waals surface area (Å²) in [7, 11) is 0. The number of benzene rings is 1. The third kappa shape index (κ3) is 2.85. The topological polar surface area (TPSA) is 60.2 Å². The minimum absolute atomic E-state index is 0.0617. The van der Waals surface area contributed by atoms with E-state index in [0.717, 1.165) is 11.6 Å². The van der Waals surface area contributed by atoms with Crippen LogP contribution in [0.1, 0.15) is 23.6 Å². The summed E-state index contributed by atoms with van der Waals surface area (Å²) in [4.78, 5) is 3.80. The highest BCUT2D eigenvalue weighted by molar-refractivity contribution is 5.81. The van der Waals surface area contributed by atoms with E-state index in [4.69, 9.17) is 5.26 Å². The van der Waals surface area contributed by atoms with Crippen LogP contribution in [-0.4, -0.2) is 19.2 Å². The number of hydrogen-bond acceptors (Lipinski definition) is 2. The number of hydrogen-bond donors (Lipinski definition) is 2. The number of aliphatic imine (C=N–C) groups is 1. The minimum atomic E-state index is -0.909. The molecule has 0 aromatic heterocycles. The maximum Gasteiger partial charge on any atom is 0.205 e. The van der Waals surface area contributed by atoms with E-state index in [0.29, 0.717) is 12.8 Å². The van der Waals surface area contributed by atoms with Gasteiger partial charge in [-0.2, -0.15) is 5.26 Å². The molecule has 2 N–H and O–H groups in total. The van der Waals surface area contributed by atoms with Crippen LogP contribution in [0.2, 0.25) is 0 Å². The number of nitrogens with zero attached hydrogens (tertiary/aromatic N) is 2. The van der Waals surface area contributed by atoms with Gasteiger partial charge in [-0.1, -0.05) is 6.07 Å². The summed E-state index contributed by atoms with van der Waals surface area (Å²) < 4.78 is 39.2. The van der Waals surface area contributed by atoms with Gasteiger partial charge in [0.25, 0.3) is 0 Å². The van der Waals surface area contributed by atoms with Gasteiger partial charge in [-0.3, -0.25) is 5.32 Å². The lowest BCUT2D eigenvalue weighted by Gasteiger charge is -2.16. The van der Waals surface area contributed by atoms with Crippen LogP contribution in [0, 0.1) is 23.1 Å². The normalized spacial score (nSPS) is 17.5. The standard InChI is InChI=1S/C13H13F3N4/c14-5-6-18-13(19-7-17)20-10-4-2-8-1-3-9(15)12(16)11(8)10/h1,3,10H,2,4-6H2,(H2,18,19,20). The monoisotopic (exact) mass is 282 g/mol. The first kappa shape index (κ1) is 14.2. The fourth-order valence-electron chi connectivity index (χ4n) is 2.28. The maximum absolute atomic E-state index is 13.8. The van der Waals surface area contributed by atoms with E-state index < -0.39 is 24.4 Å². The average molecular weight is 282 g/mol. The van der Waals surface area contributed by atoms with Crippen molar-refractivity contribution in [3.63, 3.8) is 0 Å². The van der Waals surface area contributed by atoms with E-state index in [2.05, 4.69) is 15.6 Å². The van der Waals surface area contributed by atoms with E-state index in [-0.39, 0.29) is 18.1 Å². The van der Waals surface area contributed by atoms with Crippen molar-refractivity contribution in [3.8, 4) is 6.19 Å². The third-order valence-electron chi connectivity index (χ3n) is 3.11. The van der Waals surface area contributed by atoms with Crippen LogP contribution < -0.4 is 10.6 Å². The number of nitriles is 1. The lowest BCUT2D eigenvalue weighted by atomic mass is 10.1. The van der Waals surface area contributed by atoms with Crippen molar-refractivity contribution in [1.82, 2.24) is 10.6 Å². The van der Waals surface area contributed by atoms with E-state index in [1.165, 1.54) is 0 Å². The highest BCUT2D eigenvalue weighted by Gasteiger charge is 2.28. The van der Waals surface area contributed by atoms with Gasteiger partial charge in [-0.15, -0.1) is 0 Å². The van der Waals surface area contributed by atoms with Gasteiger partial charge in [0.2, 0.25) is 5.96 Å². The van der Waals surface area contributed by atoms with Crippen molar-refractivity contribution in [3.05, 3.63) is 34.9 Å². The Morgan fingerprint density at radius 3 is 2.95 bits per heavy atom. The van der Waals surface area contributed by atoms with Crippen LogP contribution in [-0.2, 0) is 6.42 Å². The summed E-state index contributed by atoms with van der Waals surface area (Å²) in [6.07, 6.45) is 2.82. The molecular formula is C13H13F3N4. The largest absolute Gasteiger partial charge is 0.349 e.